The van der Waals surface area contributed by atoms with Gasteiger partial charge in [0.25, 0.3) is 5.56 Å². The average Bonchev–Trinajstić information content (AvgIpc) is 2.22. The summed E-state index contributed by atoms with van der Waals surface area (Å²) in [5, 5.41) is 0. The molecule has 0 radical (unpaired) electrons. The van der Waals surface area contributed by atoms with Crippen molar-refractivity contribution < 1.29 is 0 Å². The Kier molecular flexibility index (Phi) is 2.25. The largest absolute Gasteiger partial charge is 0.384 e. The summed E-state index contributed by atoms with van der Waals surface area (Å²) in [5.41, 5.74) is 7.01. The minimum absolute atomic E-state index is 0.0586. The maximum absolute atomic E-state index is 11.4. The van der Waals surface area contributed by atoms with Gasteiger partial charge in [0.1, 0.15) is 5.82 Å². The highest BCUT2D eigenvalue weighted by Crippen LogP contribution is 2.15. The third-order valence-corrected chi connectivity index (χ3v) is 2.17. The first-order valence-corrected chi connectivity index (χ1v) is 4.56. The fraction of sp³-hybridized carbons (Fsp3) is 0.0909. The van der Waals surface area contributed by atoms with Gasteiger partial charge < -0.3 is 10.3 Å². The minimum atomic E-state index is -0.0586. The molecule has 0 saturated heterocycles. The molecule has 0 aliphatic carbocycles. The summed E-state index contributed by atoms with van der Waals surface area (Å²) in [4.78, 5) is 15.5. The molecule has 0 bridgehead atoms. The van der Waals surface area contributed by atoms with Gasteiger partial charge >= 0.3 is 0 Å². The Morgan fingerprint density at radius 3 is 2.80 bits per heavy atom. The minimum Gasteiger partial charge on any atom is -0.384 e. The Bertz CT molecular complexity index is 546. The molecule has 2 aromatic heterocycles. The van der Waals surface area contributed by atoms with Crippen LogP contribution in [0.15, 0.2) is 41.3 Å². The first kappa shape index (κ1) is 9.45. The lowest BCUT2D eigenvalue weighted by molar-refractivity contribution is 0.861. The van der Waals surface area contributed by atoms with E-state index in [0.717, 1.165) is 5.56 Å². The summed E-state index contributed by atoms with van der Waals surface area (Å²) in [6, 6.07) is 8.73. The molecule has 0 spiro atoms. The first-order valence-electron chi connectivity index (χ1n) is 4.56. The molecular formula is C11H11N3O. The number of pyridine rings is 2. The van der Waals surface area contributed by atoms with Gasteiger partial charge in [-0.15, -0.1) is 0 Å². The Morgan fingerprint density at radius 2 is 2.13 bits per heavy atom. The Hall–Kier alpha value is -2.10. The summed E-state index contributed by atoms with van der Waals surface area (Å²) < 4.78 is 1.51. The van der Waals surface area contributed by atoms with E-state index in [4.69, 9.17) is 5.73 Å². The molecule has 2 rings (SSSR count). The van der Waals surface area contributed by atoms with E-state index in [1.165, 1.54) is 4.57 Å². The van der Waals surface area contributed by atoms with Crippen LogP contribution in [0.3, 0.4) is 0 Å². The molecule has 0 unspecified atom stereocenters. The third-order valence-electron chi connectivity index (χ3n) is 2.17. The van der Waals surface area contributed by atoms with Crippen molar-refractivity contribution >= 4 is 5.82 Å². The molecule has 4 heteroatoms. The maximum atomic E-state index is 11.4. The first-order chi connectivity index (χ1) is 7.16. The zero-order chi connectivity index (χ0) is 10.8. The van der Waals surface area contributed by atoms with Gasteiger partial charge in [0.15, 0.2) is 0 Å². The molecule has 0 aliphatic heterocycles. The molecule has 0 aliphatic rings. The summed E-state index contributed by atoms with van der Waals surface area (Å²) in [5.74, 6) is 0.452. The summed E-state index contributed by atoms with van der Waals surface area (Å²) in [6.45, 7) is 0. The number of nitrogens with two attached hydrogens (primary N) is 1. The van der Waals surface area contributed by atoms with Crippen molar-refractivity contribution in [3.63, 3.8) is 0 Å². The molecule has 0 amide bonds. The van der Waals surface area contributed by atoms with Crippen LogP contribution in [0.1, 0.15) is 0 Å². The number of aromatic nitrogens is 2. The molecule has 2 heterocycles. The molecule has 15 heavy (non-hydrogen) atoms. The van der Waals surface area contributed by atoms with E-state index in [0.29, 0.717) is 11.5 Å². The summed E-state index contributed by atoms with van der Waals surface area (Å²) in [7, 11) is 1.71. The fourth-order valence-corrected chi connectivity index (χ4v) is 1.32. The average molecular weight is 201 g/mol. The van der Waals surface area contributed by atoms with E-state index in [2.05, 4.69) is 4.98 Å². The van der Waals surface area contributed by atoms with Gasteiger partial charge in [-0.05, 0) is 18.2 Å². The standard InChI is InChI=1S/C11H11N3O/c1-14-6-5-8(7-11(14)15)9-3-2-4-10(12)13-9/h2-7H,1H3,(H2,12,13). The van der Waals surface area contributed by atoms with Gasteiger partial charge in [0, 0.05) is 24.9 Å². The zero-order valence-electron chi connectivity index (χ0n) is 8.34. The van der Waals surface area contributed by atoms with Crippen molar-refractivity contribution in [2.24, 2.45) is 7.05 Å². The Labute approximate surface area is 87.0 Å². The molecule has 0 aromatic carbocycles. The predicted octanol–water partition coefficient (Wildman–Crippen LogP) is 1.03. The molecule has 0 atom stereocenters. The van der Waals surface area contributed by atoms with E-state index >= 15 is 0 Å². The lowest BCUT2D eigenvalue weighted by atomic mass is 10.2. The van der Waals surface area contributed by atoms with Crippen molar-refractivity contribution in [1.29, 1.82) is 0 Å². The van der Waals surface area contributed by atoms with Gasteiger partial charge in [-0.3, -0.25) is 4.79 Å². The van der Waals surface area contributed by atoms with Crippen LogP contribution in [0.4, 0.5) is 5.82 Å². The highest BCUT2D eigenvalue weighted by molar-refractivity contribution is 5.59. The normalized spacial score (nSPS) is 10.2. The van der Waals surface area contributed by atoms with E-state index < -0.39 is 0 Å². The van der Waals surface area contributed by atoms with Crippen molar-refractivity contribution in [2.75, 3.05) is 5.73 Å². The van der Waals surface area contributed by atoms with E-state index in [1.807, 2.05) is 18.2 Å². The Balaban J connectivity index is 2.55. The van der Waals surface area contributed by atoms with Crippen molar-refractivity contribution in [2.45, 2.75) is 0 Å². The van der Waals surface area contributed by atoms with Gasteiger partial charge in [-0.25, -0.2) is 4.98 Å². The summed E-state index contributed by atoms with van der Waals surface area (Å²) in [6.07, 6.45) is 1.71. The molecule has 0 fully saturated rings. The predicted molar refractivity (Wildman–Crippen MR) is 59.3 cm³/mol. The van der Waals surface area contributed by atoms with Crippen LogP contribution in [0.2, 0.25) is 0 Å². The number of nitrogen functional groups attached to an aromatic ring is 1. The number of rotatable bonds is 1. The molecule has 4 nitrogen and oxygen atoms in total. The summed E-state index contributed by atoms with van der Waals surface area (Å²) >= 11 is 0. The zero-order valence-corrected chi connectivity index (χ0v) is 8.34. The topological polar surface area (TPSA) is 60.9 Å². The SMILES string of the molecule is Cn1ccc(-c2cccc(N)n2)cc1=O. The van der Waals surface area contributed by atoms with E-state index in [1.54, 1.807) is 25.4 Å². The highest BCUT2D eigenvalue weighted by Gasteiger charge is 2.00. The van der Waals surface area contributed by atoms with E-state index in [-0.39, 0.29) is 5.56 Å². The number of aryl methyl sites for hydroxylation is 1. The maximum Gasteiger partial charge on any atom is 0.250 e. The van der Waals surface area contributed by atoms with Crippen LogP contribution in [0.5, 0.6) is 0 Å². The quantitative estimate of drug-likeness (QED) is 0.749. The second kappa shape index (κ2) is 3.57. The van der Waals surface area contributed by atoms with Crippen LogP contribution >= 0.6 is 0 Å². The number of hydrogen-bond donors (Lipinski definition) is 1. The molecule has 2 N–H and O–H groups in total. The van der Waals surface area contributed by atoms with Crippen molar-refractivity contribution in [3.8, 4) is 11.3 Å². The van der Waals surface area contributed by atoms with Crippen molar-refractivity contribution in [1.82, 2.24) is 9.55 Å². The lowest BCUT2D eigenvalue weighted by Gasteiger charge is -2.02. The molecule has 0 saturated carbocycles. The van der Waals surface area contributed by atoms with Gasteiger partial charge in [-0.2, -0.15) is 0 Å². The van der Waals surface area contributed by atoms with E-state index in [9.17, 15) is 4.79 Å². The third kappa shape index (κ3) is 1.88. The van der Waals surface area contributed by atoms with Crippen LogP contribution in [0.25, 0.3) is 11.3 Å². The van der Waals surface area contributed by atoms with Gasteiger partial charge in [0.05, 0.1) is 5.69 Å². The number of anilines is 1. The monoisotopic (exact) mass is 201 g/mol. The lowest BCUT2D eigenvalue weighted by Crippen LogP contribution is -2.14. The molecule has 76 valence electrons. The van der Waals surface area contributed by atoms with Crippen LogP contribution in [-0.4, -0.2) is 9.55 Å². The van der Waals surface area contributed by atoms with Crippen molar-refractivity contribution in [3.05, 3.63) is 46.9 Å². The number of hydrogen-bond acceptors (Lipinski definition) is 3. The van der Waals surface area contributed by atoms with Gasteiger partial charge in [0.2, 0.25) is 0 Å². The van der Waals surface area contributed by atoms with Gasteiger partial charge in [-0.1, -0.05) is 6.07 Å². The second-order valence-electron chi connectivity index (χ2n) is 3.31. The second-order valence-corrected chi connectivity index (χ2v) is 3.31. The highest BCUT2D eigenvalue weighted by atomic mass is 16.1. The van der Waals surface area contributed by atoms with Crippen LogP contribution in [0, 0.1) is 0 Å². The Morgan fingerprint density at radius 1 is 1.33 bits per heavy atom. The fourth-order valence-electron chi connectivity index (χ4n) is 1.32. The van der Waals surface area contributed by atoms with Crippen LogP contribution < -0.4 is 11.3 Å². The van der Waals surface area contributed by atoms with Crippen LogP contribution in [-0.2, 0) is 7.05 Å². The number of nitrogens with zero attached hydrogens (tertiary/aromatic N) is 2. The smallest absolute Gasteiger partial charge is 0.250 e. The molecular weight excluding hydrogens is 190 g/mol. The molecule has 2 aromatic rings.